The predicted molar refractivity (Wildman–Crippen MR) is 207 cm³/mol. The maximum atomic E-state index is 6.80. The zero-order valence-corrected chi connectivity index (χ0v) is 26.8. The van der Waals surface area contributed by atoms with E-state index in [9.17, 15) is 0 Å². The van der Waals surface area contributed by atoms with Crippen LogP contribution in [0, 0.1) is 0 Å². The average molecular weight is 638 g/mol. The minimum absolute atomic E-state index is 0.862. The molecule has 0 N–H and O–H groups in total. The van der Waals surface area contributed by atoms with Crippen molar-refractivity contribution in [3.8, 4) is 28.2 Å². The Morgan fingerprint density at radius 1 is 0.460 bits per heavy atom. The highest BCUT2D eigenvalue weighted by atomic mass is 16.3. The molecule has 0 saturated heterocycles. The Labute approximate surface area is 286 Å². The lowest BCUT2D eigenvalue weighted by Gasteiger charge is -2.14. The van der Waals surface area contributed by atoms with Crippen molar-refractivity contribution in [3.63, 3.8) is 0 Å². The Morgan fingerprint density at radius 2 is 1.06 bits per heavy atom. The summed E-state index contributed by atoms with van der Waals surface area (Å²) in [5, 5.41) is 9.24. The van der Waals surface area contributed by atoms with Gasteiger partial charge in [0.05, 0.1) is 33.5 Å². The molecule has 0 atom stereocenters. The maximum absolute atomic E-state index is 6.80. The number of furan rings is 1. The van der Waals surface area contributed by atoms with E-state index < -0.39 is 0 Å². The van der Waals surface area contributed by atoms with E-state index >= 15 is 0 Å². The number of hydrogen-bond acceptors (Lipinski definition) is 3. The summed E-state index contributed by atoms with van der Waals surface area (Å²) in [6, 6.07) is 57.5. The summed E-state index contributed by atoms with van der Waals surface area (Å²) < 4.78 is 9.18. The number of benzene rings is 8. The van der Waals surface area contributed by atoms with Gasteiger partial charge in [0, 0.05) is 43.7 Å². The Kier molecular flexibility index (Phi) is 5.63. The van der Waals surface area contributed by atoms with Crippen LogP contribution in [0.15, 0.2) is 168 Å². The first kappa shape index (κ1) is 27.2. The van der Waals surface area contributed by atoms with Crippen molar-refractivity contribution < 1.29 is 4.42 Å². The van der Waals surface area contributed by atoms with E-state index in [0.717, 1.165) is 83.0 Å². The second-order valence-electron chi connectivity index (χ2n) is 12.9. The molecule has 0 saturated carbocycles. The molecule has 0 aliphatic carbocycles. The highest BCUT2D eigenvalue weighted by Crippen LogP contribution is 2.46. The first-order valence-electron chi connectivity index (χ1n) is 16.9. The average Bonchev–Trinajstić information content (AvgIpc) is 3.75. The van der Waals surface area contributed by atoms with Gasteiger partial charge in [-0.3, -0.25) is 0 Å². The van der Waals surface area contributed by atoms with E-state index in [1.807, 2.05) is 18.2 Å². The topological polar surface area (TPSA) is 43.9 Å². The molecule has 4 nitrogen and oxygen atoms in total. The van der Waals surface area contributed by atoms with E-state index in [4.69, 9.17) is 14.4 Å². The van der Waals surface area contributed by atoms with Crippen LogP contribution in [0.5, 0.6) is 0 Å². The maximum Gasteiger partial charge on any atom is 0.160 e. The van der Waals surface area contributed by atoms with Crippen molar-refractivity contribution in [2.45, 2.75) is 0 Å². The first-order valence-corrected chi connectivity index (χ1v) is 16.9. The van der Waals surface area contributed by atoms with Crippen molar-refractivity contribution in [3.05, 3.63) is 164 Å². The zero-order valence-electron chi connectivity index (χ0n) is 26.8. The second-order valence-corrected chi connectivity index (χ2v) is 12.9. The van der Waals surface area contributed by atoms with Gasteiger partial charge < -0.3 is 8.98 Å². The fraction of sp³-hybridized carbons (Fsp3) is 0. The third-order valence-electron chi connectivity index (χ3n) is 10.1. The molecule has 232 valence electrons. The summed E-state index contributed by atoms with van der Waals surface area (Å²) in [6.07, 6.45) is 0. The van der Waals surface area contributed by atoms with Gasteiger partial charge in [0.15, 0.2) is 5.58 Å². The molecule has 0 bridgehead atoms. The molecule has 4 heteroatoms. The van der Waals surface area contributed by atoms with E-state index in [0.29, 0.717) is 0 Å². The Hall–Kier alpha value is -6.78. The fourth-order valence-electron chi connectivity index (χ4n) is 7.95. The number of nitrogens with zero attached hydrogens (tertiary/aromatic N) is 3. The summed E-state index contributed by atoms with van der Waals surface area (Å²) in [4.78, 5) is 10.7. The third kappa shape index (κ3) is 3.81. The number of hydrogen-bond donors (Lipinski definition) is 0. The normalized spacial score (nSPS) is 12.0. The van der Waals surface area contributed by atoms with Crippen molar-refractivity contribution in [1.29, 1.82) is 0 Å². The van der Waals surface area contributed by atoms with E-state index in [1.165, 1.54) is 21.5 Å². The summed E-state index contributed by atoms with van der Waals surface area (Å²) in [7, 11) is 0. The lowest BCUT2D eigenvalue weighted by atomic mass is 9.99. The van der Waals surface area contributed by atoms with Gasteiger partial charge in [-0.05, 0) is 46.5 Å². The monoisotopic (exact) mass is 637 g/mol. The van der Waals surface area contributed by atoms with Crippen LogP contribution in [-0.2, 0) is 0 Å². The fourth-order valence-corrected chi connectivity index (χ4v) is 7.95. The van der Waals surface area contributed by atoms with Crippen LogP contribution < -0.4 is 0 Å². The highest BCUT2D eigenvalue weighted by Gasteiger charge is 2.23. The standard InChI is InChI=1S/C46H27N3O/c1-3-13-29(14-4-1)42-43(30-15-5-2-6-16-30)48-44-36-27-31(25-23-28(36)24-26-37(44)47-42)49-38-21-11-9-19-34(38)40-32-17-7-8-18-33(32)41-35-20-10-12-22-39(35)50-46(41)45(40)49/h1-27H. The van der Waals surface area contributed by atoms with Crippen LogP contribution >= 0.6 is 0 Å². The van der Waals surface area contributed by atoms with Gasteiger partial charge in [0.1, 0.15) is 5.58 Å². The summed E-state index contributed by atoms with van der Waals surface area (Å²) >= 11 is 0. The van der Waals surface area contributed by atoms with Gasteiger partial charge in [0.2, 0.25) is 0 Å². The van der Waals surface area contributed by atoms with Crippen molar-refractivity contribution in [2.75, 3.05) is 0 Å². The number of para-hydroxylation sites is 2. The molecule has 0 radical (unpaired) electrons. The minimum atomic E-state index is 0.862. The lowest BCUT2D eigenvalue weighted by molar-refractivity contribution is 0.671. The molecule has 0 spiro atoms. The number of fused-ring (bicyclic) bond motifs is 13. The Bertz CT molecular complexity index is 3140. The van der Waals surface area contributed by atoms with Crippen LogP contribution in [0.2, 0.25) is 0 Å². The van der Waals surface area contributed by atoms with Gasteiger partial charge in [-0.1, -0.05) is 133 Å². The van der Waals surface area contributed by atoms with Crippen LogP contribution in [-0.4, -0.2) is 14.5 Å². The van der Waals surface area contributed by atoms with E-state index in [-0.39, 0.29) is 0 Å². The van der Waals surface area contributed by atoms with Gasteiger partial charge in [-0.15, -0.1) is 0 Å². The van der Waals surface area contributed by atoms with Crippen molar-refractivity contribution in [1.82, 2.24) is 14.5 Å². The van der Waals surface area contributed by atoms with Gasteiger partial charge in [-0.25, -0.2) is 9.97 Å². The molecule has 0 fully saturated rings. The van der Waals surface area contributed by atoms with E-state index in [1.54, 1.807) is 0 Å². The summed E-state index contributed by atoms with van der Waals surface area (Å²) in [5.41, 5.74) is 10.6. The van der Waals surface area contributed by atoms with Gasteiger partial charge >= 0.3 is 0 Å². The van der Waals surface area contributed by atoms with Crippen molar-refractivity contribution in [2.24, 2.45) is 0 Å². The van der Waals surface area contributed by atoms with Gasteiger partial charge in [0.25, 0.3) is 0 Å². The SMILES string of the molecule is c1ccc(-c2nc3ccc4ccc(-n5c6ccccc6c6c7ccccc7c7c8ccccc8oc7c65)cc4c3nc2-c2ccccc2)cc1. The quantitative estimate of drug-likeness (QED) is 0.181. The largest absolute Gasteiger partial charge is 0.454 e. The molecule has 3 aromatic heterocycles. The Morgan fingerprint density at radius 3 is 1.82 bits per heavy atom. The predicted octanol–water partition coefficient (Wildman–Crippen LogP) is 12.3. The van der Waals surface area contributed by atoms with Crippen molar-refractivity contribution >= 4 is 76.3 Å². The smallest absolute Gasteiger partial charge is 0.160 e. The molecule has 0 amide bonds. The lowest BCUT2D eigenvalue weighted by Crippen LogP contribution is -1.98. The van der Waals surface area contributed by atoms with Crippen LogP contribution in [0.3, 0.4) is 0 Å². The minimum Gasteiger partial charge on any atom is -0.454 e. The molecule has 3 heterocycles. The molecule has 11 aromatic rings. The molecular formula is C46H27N3O. The van der Waals surface area contributed by atoms with Crippen LogP contribution in [0.1, 0.15) is 0 Å². The molecule has 8 aromatic carbocycles. The van der Waals surface area contributed by atoms with Gasteiger partial charge in [-0.2, -0.15) is 0 Å². The van der Waals surface area contributed by atoms with E-state index in [2.05, 4.69) is 150 Å². The summed E-state index contributed by atoms with van der Waals surface area (Å²) in [5.74, 6) is 0. The molecule has 0 aliphatic heterocycles. The second kappa shape index (κ2) is 10.4. The number of rotatable bonds is 3. The molecule has 0 unspecified atom stereocenters. The molecule has 11 rings (SSSR count). The third-order valence-corrected chi connectivity index (χ3v) is 10.1. The summed E-state index contributed by atoms with van der Waals surface area (Å²) in [6.45, 7) is 0. The highest BCUT2D eigenvalue weighted by molar-refractivity contribution is 6.35. The first-order chi connectivity index (χ1) is 24.8. The van der Waals surface area contributed by atoms with Crippen LogP contribution in [0.25, 0.3) is 105 Å². The molecular weight excluding hydrogens is 611 g/mol. The molecule has 50 heavy (non-hydrogen) atoms. The zero-order chi connectivity index (χ0) is 32.8. The Balaban J connectivity index is 1.27. The number of aromatic nitrogens is 3. The molecule has 0 aliphatic rings. The van der Waals surface area contributed by atoms with Crippen LogP contribution in [0.4, 0.5) is 0 Å².